The first-order valence-electron chi connectivity index (χ1n) is 7.90. The number of hydrogen-bond acceptors (Lipinski definition) is 7. The average Bonchev–Trinajstić information content (AvgIpc) is 3.25. The predicted octanol–water partition coefficient (Wildman–Crippen LogP) is 3.40. The predicted molar refractivity (Wildman–Crippen MR) is 103 cm³/mol. The van der Waals surface area contributed by atoms with Crippen LogP contribution in [0.25, 0.3) is 22.4 Å². The highest BCUT2D eigenvalue weighted by molar-refractivity contribution is 7.99. The molecule has 4 aromatic rings. The van der Waals surface area contributed by atoms with Crippen LogP contribution in [0.5, 0.6) is 0 Å². The number of fused-ring (bicyclic) bond motifs is 1. The maximum atomic E-state index is 12.1. The molecule has 136 valence electrons. The third-order valence-corrected chi connectivity index (χ3v) is 5.04. The standard InChI is InChI=1S/C17H13ClN6O2S/c1-24-16(10-5-6-13-14(7-10)23-26-22-13)20-21-17(24)27-9-15(25)19-12-4-2-3-11(18)8-12/h2-8H,9H2,1H3,(H,19,25). The number of carbonyl (C=O) groups is 1. The van der Waals surface area contributed by atoms with Crippen LogP contribution in [0.3, 0.4) is 0 Å². The molecule has 0 aliphatic carbocycles. The first-order chi connectivity index (χ1) is 13.1. The Labute approximate surface area is 162 Å². The summed E-state index contributed by atoms with van der Waals surface area (Å²) in [5.41, 5.74) is 2.81. The Kier molecular flexibility index (Phi) is 4.78. The van der Waals surface area contributed by atoms with Gasteiger partial charge in [-0.25, -0.2) is 4.63 Å². The zero-order chi connectivity index (χ0) is 18.8. The van der Waals surface area contributed by atoms with Crippen molar-refractivity contribution in [2.45, 2.75) is 5.16 Å². The highest BCUT2D eigenvalue weighted by Crippen LogP contribution is 2.25. The van der Waals surface area contributed by atoms with E-state index >= 15 is 0 Å². The molecule has 0 atom stereocenters. The second-order valence-electron chi connectivity index (χ2n) is 5.68. The Morgan fingerprint density at radius 3 is 2.89 bits per heavy atom. The Morgan fingerprint density at radius 2 is 2.04 bits per heavy atom. The van der Waals surface area contributed by atoms with E-state index in [4.69, 9.17) is 16.2 Å². The zero-order valence-electron chi connectivity index (χ0n) is 14.1. The average molecular weight is 401 g/mol. The molecule has 0 fully saturated rings. The number of anilines is 1. The summed E-state index contributed by atoms with van der Waals surface area (Å²) in [6.45, 7) is 0. The van der Waals surface area contributed by atoms with Crippen LogP contribution in [0, 0.1) is 0 Å². The van der Waals surface area contributed by atoms with E-state index in [1.165, 1.54) is 11.8 Å². The van der Waals surface area contributed by atoms with Gasteiger partial charge in [-0.2, -0.15) is 0 Å². The number of thioether (sulfide) groups is 1. The SMILES string of the molecule is Cn1c(SCC(=O)Nc2cccc(Cl)c2)nnc1-c1ccc2nonc2c1. The zero-order valence-corrected chi connectivity index (χ0v) is 15.7. The number of halogens is 1. The number of aromatic nitrogens is 5. The van der Waals surface area contributed by atoms with Crippen molar-refractivity contribution in [2.24, 2.45) is 7.05 Å². The van der Waals surface area contributed by atoms with E-state index in [0.717, 1.165) is 5.56 Å². The summed E-state index contributed by atoms with van der Waals surface area (Å²) < 4.78 is 6.54. The maximum absolute atomic E-state index is 12.1. The second kappa shape index (κ2) is 7.37. The molecule has 0 saturated carbocycles. The van der Waals surface area contributed by atoms with Gasteiger partial charge in [-0.1, -0.05) is 29.4 Å². The van der Waals surface area contributed by atoms with Crippen LogP contribution in [-0.2, 0) is 11.8 Å². The molecule has 2 aromatic carbocycles. The van der Waals surface area contributed by atoms with E-state index in [0.29, 0.717) is 32.7 Å². The van der Waals surface area contributed by atoms with Gasteiger partial charge in [0.15, 0.2) is 11.0 Å². The monoisotopic (exact) mass is 400 g/mol. The molecule has 0 bridgehead atoms. The molecule has 1 amide bonds. The molecular formula is C17H13ClN6O2S. The molecule has 0 aliphatic heterocycles. The number of benzene rings is 2. The van der Waals surface area contributed by atoms with Crippen molar-refractivity contribution in [3.63, 3.8) is 0 Å². The number of nitrogens with one attached hydrogen (secondary N) is 1. The Balaban J connectivity index is 1.45. The fourth-order valence-corrected chi connectivity index (χ4v) is 3.41. The summed E-state index contributed by atoms with van der Waals surface area (Å²) in [6, 6.07) is 12.5. The Bertz CT molecular complexity index is 1130. The summed E-state index contributed by atoms with van der Waals surface area (Å²) >= 11 is 7.22. The van der Waals surface area contributed by atoms with Crippen molar-refractivity contribution in [1.29, 1.82) is 0 Å². The minimum absolute atomic E-state index is 0.151. The number of rotatable bonds is 5. The third kappa shape index (κ3) is 3.79. The van der Waals surface area contributed by atoms with Crippen molar-refractivity contribution < 1.29 is 9.42 Å². The van der Waals surface area contributed by atoms with Crippen molar-refractivity contribution in [3.8, 4) is 11.4 Å². The summed E-state index contributed by atoms with van der Waals surface area (Å²) in [5, 5.41) is 20.0. The van der Waals surface area contributed by atoms with Crippen LogP contribution in [0.15, 0.2) is 52.3 Å². The molecule has 27 heavy (non-hydrogen) atoms. The molecule has 10 heteroatoms. The molecule has 4 rings (SSSR count). The first-order valence-corrected chi connectivity index (χ1v) is 9.27. The lowest BCUT2D eigenvalue weighted by Crippen LogP contribution is -2.14. The molecule has 0 spiro atoms. The summed E-state index contributed by atoms with van der Waals surface area (Å²) in [5.74, 6) is 0.713. The van der Waals surface area contributed by atoms with Gasteiger partial charge in [-0.3, -0.25) is 4.79 Å². The van der Waals surface area contributed by atoms with E-state index in [9.17, 15) is 4.79 Å². The third-order valence-electron chi connectivity index (χ3n) is 3.79. The molecule has 0 radical (unpaired) electrons. The molecule has 2 aromatic heterocycles. The fraction of sp³-hybridized carbons (Fsp3) is 0.118. The smallest absolute Gasteiger partial charge is 0.234 e. The fourth-order valence-electron chi connectivity index (χ4n) is 2.51. The van der Waals surface area contributed by atoms with Crippen molar-refractivity contribution in [3.05, 3.63) is 47.5 Å². The second-order valence-corrected chi connectivity index (χ2v) is 7.06. The minimum Gasteiger partial charge on any atom is -0.325 e. The van der Waals surface area contributed by atoms with Crippen LogP contribution in [0.2, 0.25) is 5.02 Å². The van der Waals surface area contributed by atoms with Gasteiger partial charge in [-0.05, 0) is 46.7 Å². The van der Waals surface area contributed by atoms with Crippen LogP contribution >= 0.6 is 23.4 Å². The summed E-state index contributed by atoms with van der Waals surface area (Å²) in [7, 11) is 1.85. The highest BCUT2D eigenvalue weighted by atomic mass is 35.5. The molecule has 0 unspecified atom stereocenters. The quantitative estimate of drug-likeness (QED) is 0.512. The van der Waals surface area contributed by atoms with Crippen LogP contribution in [0.4, 0.5) is 5.69 Å². The normalized spacial score (nSPS) is 11.0. The van der Waals surface area contributed by atoms with Gasteiger partial charge in [0.05, 0.1) is 5.75 Å². The van der Waals surface area contributed by atoms with Gasteiger partial charge >= 0.3 is 0 Å². The number of amides is 1. The number of hydrogen-bond donors (Lipinski definition) is 1. The van der Waals surface area contributed by atoms with Crippen molar-refractivity contribution in [1.82, 2.24) is 25.1 Å². The van der Waals surface area contributed by atoms with E-state index in [-0.39, 0.29) is 11.7 Å². The van der Waals surface area contributed by atoms with E-state index < -0.39 is 0 Å². The molecular weight excluding hydrogens is 388 g/mol. The lowest BCUT2D eigenvalue weighted by Gasteiger charge is -2.06. The van der Waals surface area contributed by atoms with Gasteiger partial charge in [0.1, 0.15) is 11.0 Å². The molecule has 0 saturated heterocycles. The lowest BCUT2D eigenvalue weighted by molar-refractivity contribution is -0.113. The topological polar surface area (TPSA) is 98.7 Å². The summed E-state index contributed by atoms with van der Waals surface area (Å²) in [6.07, 6.45) is 0. The molecule has 2 heterocycles. The van der Waals surface area contributed by atoms with Gasteiger partial charge in [0, 0.05) is 23.3 Å². The minimum atomic E-state index is -0.151. The molecule has 8 nitrogen and oxygen atoms in total. The van der Waals surface area contributed by atoms with Gasteiger partial charge in [-0.15, -0.1) is 10.2 Å². The van der Waals surface area contributed by atoms with Gasteiger partial charge < -0.3 is 9.88 Å². The Hall–Kier alpha value is -2.91. The van der Waals surface area contributed by atoms with Gasteiger partial charge in [0.25, 0.3) is 0 Å². The summed E-state index contributed by atoms with van der Waals surface area (Å²) in [4.78, 5) is 12.1. The molecule has 0 aliphatic rings. The van der Waals surface area contributed by atoms with E-state index in [1.807, 2.05) is 23.7 Å². The van der Waals surface area contributed by atoms with Crippen molar-refractivity contribution in [2.75, 3.05) is 11.1 Å². The van der Waals surface area contributed by atoms with Crippen molar-refractivity contribution >= 4 is 46.0 Å². The number of carbonyl (C=O) groups excluding carboxylic acids is 1. The largest absolute Gasteiger partial charge is 0.325 e. The van der Waals surface area contributed by atoms with E-state index in [2.05, 4.69) is 25.8 Å². The lowest BCUT2D eigenvalue weighted by atomic mass is 10.2. The highest BCUT2D eigenvalue weighted by Gasteiger charge is 2.14. The maximum Gasteiger partial charge on any atom is 0.234 e. The first kappa shape index (κ1) is 17.5. The van der Waals surface area contributed by atoms with E-state index in [1.54, 1.807) is 30.3 Å². The van der Waals surface area contributed by atoms with Crippen LogP contribution in [-0.4, -0.2) is 36.7 Å². The van der Waals surface area contributed by atoms with Crippen LogP contribution in [0.1, 0.15) is 0 Å². The molecule has 1 N–H and O–H groups in total. The number of nitrogens with zero attached hydrogens (tertiary/aromatic N) is 5. The van der Waals surface area contributed by atoms with Gasteiger partial charge in [0.2, 0.25) is 5.91 Å². The van der Waals surface area contributed by atoms with Crippen LogP contribution < -0.4 is 5.32 Å². The Morgan fingerprint density at radius 1 is 1.19 bits per heavy atom.